The van der Waals surface area contributed by atoms with Gasteiger partial charge >= 0.3 is 17.9 Å². The van der Waals surface area contributed by atoms with Gasteiger partial charge in [-0.05, 0) is 141 Å². The summed E-state index contributed by atoms with van der Waals surface area (Å²) in [6.45, 7) is 6.36. The van der Waals surface area contributed by atoms with E-state index in [2.05, 4.69) is 167 Å². The summed E-state index contributed by atoms with van der Waals surface area (Å²) in [5.74, 6) is -0.973. The molecule has 0 aliphatic carbocycles. The molecule has 470 valence electrons. The minimum absolute atomic E-state index is 0.108. The fourth-order valence-corrected chi connectivity index (χ4v) is 9.23. The number of hydrogen-bond donors (Lipinski definition) is 0. The first-order valence-corrected chi connectivity index (χ1v) is 34.3. The molecule has 0 saturated carbocycles. The van der Waals surface area contributed by atoms with Crippen LogP contribution in [0.4, 0.5) is 0 Å². The molecule has 0 spiro atoms. The second kappa shape index (κ2) is 69.8. The zero-order valence-electron chi connectivity index (χ0n) is 53.9. The van der Waals surface area contributed by atoms with Crippen molar-refractivity contribution in [2.75, 3.05) is 13.2 Å². The van der Waals surface area contributed by atoms with Gasteiger partial charge in [0.1, 0.15) is 13.2 Å². The summed E-state index contributed by atoms with van der Waals surface area (Å²) in [5.41, 5.74) is 0. The molecule has 0 aliphatic heterocycles. The van der Waals surface area contributed by atoms with E-state index in [1.54, 1.807) is 0 Å². The van der Waals surface area contributed by atoms with E-state index < -0.39 is 6.10 Å². The highest BCUT2D eigenvalue weighted by Crippen LogP contribution is 2.16. The van der Waals surface area contributed by atoms with E-state index in [1.807, 2.05) is 0 Å². The fourth-order valence-electron chi connectivity index (χ4n) is 9.23. The molecule has 0 rings (SSSR count). The predicted octanol–water partition coefficient (Wildman–Crippen LogP) is 23.9. The van der Waals surface area contributed by atoms with Crippen molar-refractivity contribution in [2.24, 2.45) is 0 Å². The number of rotatable bonds is 61. The Morgan fingerprint density at radius 3 is 0.759 bits per heavy atom. The van der Waals surface area contributed by atoms with Crippen LogP contribution in [0.25, 0.3) is 0 Å². The van der Waals surface area contributed by atoms with Crippen molar-refractivity contribution in [3.05, 3.63) is 146 Å². The molecule has 1 unspecified atom stereocenters. The van der Waals surface area contributed by atoms with Crippen LogP contribution in [-0.2, 0) is 28.6 Å². The van der Waals surface area contributed by atoms with E-state index in [9.17, 15) is 14.4 Å². The van der Waals surface area contributed by atoms with E-state index in [-0.39, 0.29) is 37.5 Å². The first-order chi connectivity index (χ1) is 41.0. The van der Waals surface area contributed by atoms with Crippen LogP contribution in [0.1, 0.15) is 303 Å². The normalized spacial score (nSPS) is 13.0. The average Bonchev–Trinajstić information content (AvgIpc) is 3.50. The van der Waals surface area contributed by atoms with Gasteiger partial charge in [-0.1, -0.05) is 289 Å². The van der Waals surface area contributed by atoms with E-state index >= 15 is 0 Å². The van der Waals surface area contributed by atoms with E-state index in [4.69, 9.17) is 14.2 Å². The number of hydrogen-bond acceptors (Lipinski definition) is 6. The molecule has 0 aromatic carbocycles. The molecule has 0 amide bonds. The Kier molecular flexibility index (Phi) is 65.8. The van der Waals surface area contributed by atoms with Gasteiger partial charge in [0, 0.05) is 19.3 Å². The SMILES string of the molecule is CC/C=C\C/C=C\C/C=C\C/C=C\C/C=C\C/C=C\CCCCC(=O)OC(COC(=O)CCCCCC/C=C\C/C=C\C/C=C\C/C=C\CC)COC(=O)CCCCCCCCCCCCCCCCC/C=C\C/C=C\CCCCCCC. The molecule has 0 aromatic rings. The Bertz CT molecular complexity index is 1800. The third-order valence-electron chi connectivity index (χ3n) is 14.3. The molecule has 0 N–H and O–H groups in total. The standard InChI is InChI=1S/C77H126O6/c1-4-7-10-13-16-19-22-25-28-31-33-35-36-37-38-39-40-42-43-46-49-52-55-58-61-64-67-70-76(79)82-73-74(72-81-75(78)69-66-63-60-57-54-51-48-45-30-27-24-21-18-15-12-9-6-3)83-77(80)71-68-65-62-59-56-53-50-47-44-41-34-32-29-26-23-20-17-14-11-8-5-2/h8-9,11-12,17-18,20-22,25-27,29-31,33-34,41,47-48,50-51,56,59,74H,4-7,10,13-16,19,23-24,28,32,35-40,42-46,49,52-55,57-58,60-73H2,1-3H3/b11-8-,12-9-,20-17-,21-18-,25-22-,29-26-,30-27-,33-31-,41-34-,50-47-,51-48-,59-56-. The molecule has 0 heterocycles. The third kappa shape index (κ3) is 68.0. The maximum atomic E-state index is 12.9. The van der Waals surface area contributed by atoms with Crippen LogP contribution in [0.2, 0.25) is 0 Å². The van der Waals surface area contributed by atoms with Crippen molar-refractivity contribution in [1.82, 2.24) is 0 Å². The average molecular weight is 1150 g/mol. The molecule has 6 heteroatoms. The first-order valence-electron chi connectivity index (χ1n) is 34.3. The summed E-state index contributed by atoms with van der Waals surface area (Å²) in [4.78, 5) is 38.4. The van der Waals surface area contributed by atoms with Crippen LogP contribution in [0.3, 0.4) is 0 Å². The van der Waals surface area contributed by atoms with Crippen molar-refractivity contribution >= 4 is 17.9 Å². The molecule has 83 heavy (non-hydrogen) atoms. The van der Waals surface area contributed by atoms with Gasteiger partial charge in [-0.15, -0.1) is 0 Å². The molecule has 0 fully saturated rings. The van der Waals surface area contributed by atoms with Crippen LogP contribution in [0.15, 0.2) is 146 Å². The minimum Gasteiger partial charge on any atom is -0.462 e. The molecule has 6 nitrogen and oxygen atoms in total. The smallest absolute Gasteiger partial charge is 0.306 e. The summed E-state index contributed by atoms with van der Waals surface area (Å²) in [5, 5.41) is 0. The topological polar surface area (TPSA) is 78.9 Å². The monoisotopic (exact) mass is 1150 g/mol. The van der Waals surface area contributed by atoms with Crippen LogP contribution >= 0.6 is 0 Å². The summed E-state index contributed by atoms with van der Waals surface area (Å²) < 4.78 is 16.9. The highest BCUT2D eigenvalue weighted by molar-refractivity contribution is 5.71. The van der Waals surface area contributed by atoms with Crippen molar-refractivity contribution < 1.29 is 28.6 Å². The molecular weight excluding hydrogens is 1020 g/mol. The summed E-state index contributed by atoms with van der Waals surface area (Å²) >= 11 is 0. The number of esters is 3. The predicted molar refractivity (Wildman–Crippen MR) is 362 cm³/mol. The lowest BCUT2D eigenvalue weighted by Crippen LogP contribution is -2.30. The van der Waals surface area contributed by atoms with E-state index in [1.165, 1.54) is 122 Å². The molecule has 0 bridgehead atoms. The second-order valence-corrected chi connectivity index (χ2v) is 22.3. The Balaban J connectivity index is 4.44. The summed E-state index contributed by atoms with van der Waals surface area (Å²) in [6.07, 6.45) is 100. The molecule has 0 saturated heterocycles. The van der Waals surface area contributed by atoms with Gasteiger partial charge in [0.05, 0.1) is 0 Å². The Morgan fingerprint density at radius 1 is 0.253 bits per heavy atom. The second-order valence-electron chi connectivity index (χ2n) is 22.3. The Hall–Kier alpha value is -4.71. The van der Waals surface area contributed by atoms with Gasteiger partial charge < -0.3 is 14.2 Å². The molecule has 0 radical (unpaired) electrons. The Morgan fingerprint density at radius 2 is 0.470 bits per heavy atom. The lowest BCUT2D eigenvalue weighted by molar-refractivity contribution is -0.167. The van der Waals surface area contributed by atoms with Gasteiger partial charge in [0.2, 0.25) is 0 Å². The number of allylic oxidation sites excluding steroid dienone is 24. The van der Waals surface area contributed by atoms with Crippen molar-refractivity contribution in [2.45, 2.75) is 309 Å². The maximum absolute atomic E-state index is 12.9. The number of carbonyl (C=O) groups excluding carboxylic acids is 3. The van der Waals surface area contributed by atoms with E-state index in [0.717, 1.165) is 135 Å². The van der Waals surface area contributed by atoms with Gasteiger partial charge in [-0.3, -0.25) is 14.4 Å². The zero-order chi connectivity index (χ0) is 59.9. The lowest BCUT2D eigenvalue weighted by Gasteiger charge is -2.18. The van der Waals surface area contributed by atoms with Gasteiger partial charge in [0.15, 0.2) is 6.10 Å². The molecule has 0 aliphatic rings. The lowest BCUT2D eigenvalue weighted by atomic mass is 10.0. The summed E-state index contributed by atoms with van der Waals surface area (Å²) in [7, 11) is 0. The maximum Gasteiger partial charge on any atom is 0.306 e. The van der Waals surface area contributed by atoms with Crippen molar-refractivity contribution in [1.29, 1.82) is 0 Å². The number of carbonyl (C=O) groups is 3. The van der Waals surface area contributed by atoms with Gasteiger partial charge in [-0.2, -0.15) is 0 Å². The Labute approximate surface area is 512 Å². The minimum atomic E-state index is -0.820. The highest BCUT2D eigenvalue weighted by Gasteiger charge is 2.19. The zero-order valence-corrected chi connectivity index (χ0v) is 53.9. The van der Waals surface area contributed by atoms with Crippen LogP contribution < -0.4 is 0 Å². The fraction of sp³-hybridized carbons (Fsp3) is 0.649. The molecule has 1 atom stereocenters. The van der Waals surface area contributed by atoms with E-state index in [0.29, 0.717) is 19.3 Å². The van der Waals surface area contributed by atoms with Crippen molar-refractivity contribution in [3.63, 3.8) is 0 Å². The summed E-state index contributed by atoms with van der Waals surface area (Å²) in [6, 6.07) is 0. The number of ether oxygens (including phenoxy) is 3. The van der Waals surface area contributed by atoms with Gasteiger partial charge in [0.25, 0.3) is 0 Å². The quantitative estimate of drug-likeness (QED) is 0.0261. The third-order valence-corrected chi connectivity index (χ3v) is 14.3. The van der Waals surface area contributed by atoms with Crippen molar-refractivity contribution in [3.8, 4) is 0 Å². The molecular formula is C77H126O6. The number of unbranched alkanes of at least 4 members (excludes halogenated alkanes) is 26. The highest BCUT2D eigenvalue weighted by atomic mass is 16.6. The largest absolute Gasteiger partial charge is 0.462 e. The van der Waals surface area contributed by atoms with Crippen LogP contribution in [0, 0.1) is 0 Å². The molecule has 0 aromatic heterocycles. The van der Waals surface area contributed by atoms with Crippen LogP contribution in [0.5, 0.6) is 0 Å². The first kappa shape index (κ1) is 78.3. The van der Waals surface area contributed by atoms with Crippen LogP contribution in [-0.4, -0.2) is 37.2 Å². The van der Waals surface area contributed by atoms with Gasteiger partial charge in [-0.25, -0.2) is 0 Å².